The molecule has 0 saturated heterocycles. The first-order chi connectivity index (χ1) is 15.0. The third-order valence-electron chi connectivity index (χ3n) is 4.27. The molecule has 4 aromatic rings. The Bertz CT molecular complexity index is 1200. The van der Waals surface area contributed by atoms with Crippen LogP contribution in [0.15, 0.2) is 53.2 Å². The molecule has 0 radical (unpaired) electrons. The minimum atomic E-state index is -0.985. The highest BCUT2D eigenvalue weighted by Gasteiger charge is 2.13. The molecule has 0 amide bonds. The van der Waals surface area contributed by atoms with Crippen molar-refractivity contribution >= 4 is 29.4 Å². The van der Waals surface area contributed by atoms with E-state index in [-0.39, 0.29) is 12.2 Å². The molecule has 0 bridgehead atoms. The van der Waals surface area contributed by atoms with Crippen LogP contribution in [-0.4, -0.2) is 43.4 Å². The number of aromatic nitrogens is 5. The average Bonchev–Trinajstić information content (AvgIpc) is 3.41. The van der Waals surface area contributed by atoms with Crippen molar-refractivity contribution in [2.45, 2.75) is 13.5 Å². The molecule has 11 nitrogen and oxygen atoms in total. The van der Waals surface area contributed by atoms with E-state index in [4.69, 9.17) is 14.4 Å². The normalized spacial score (nSPS) is 10.6. The molecular formula is C20H19N7O4. The summed E-state index contributed by atoms with van der Waals surface area (Å²) in [5.41, 5.74) is 1.69. The number of aromatic amines is 1. The third kappa shape index (κ3) is 4.78. The highest BCUT2D eigenvalue weighted by molar-refractivity contribution is 5.87. The summed E-state index contributed by atoms with van der Waals surface area (Å²) in [6, 6.07) is 11.7. The number of hydrogen-bond acceptors (Lipinski definition) is 9. The van der Waals surface area contributed by atoms with Gasteiger partial charge in [0, 0.05) is 25.4 Å². The number of carboxylic acid groups (broad SMARTS) is 1. The van der Waals surface area contributed by atoms with Crippen LogP contribution in [0.4, 0.5) is 23.5 Å². The number of nitrogens with zero attached hydrogens (tertiary/aromatic N) is 5. The highest BCUT2D eigenvalue weighted by atomic mass is 16.5. The zero-order valence-electron chi connectivity index (χ0n) is 16.7. The maximum absolute atomic E-state index is 11.1. The number of aryl methyl sites for hydroxylation is 1. The molecule has 158 valence electrons. The van der Waals surface area contributed by atoms with Gasteiger partial charge in [0.05, 0.1) is 11.3 Å². The molecule has 0 fully saturated rings. The van der Waals surface area contributed by atoms with E-state index in [1.165, 1.54) is 6.07 Å². The Balaban J connectivity index is 1.40. The van der Waals surface area contributed by atoms with Crippen molar-refractivity contribution in [1.29, 1.82) is 0 Å². The van der Waals surface area contributed by atoms with Crippen LogP contribution in [0.5, 0.6) is 5.88 Å². The predicted octanol–water partition coefficient (Wildman–Crippen LogP) is 3.28. The van der Waals surface area contributed by atoms with Gasteiger partial charge in [-0.2, -0.15) is 4.98 Å². The summed E-state index contributed by atoms with van der Waals surface area (Å²) in [7, 11) is 1.78. The van der Waals surface area contributed by atoms with Crippen LogP contribution in [0, 0.1) is 6.92 Å². The van der Waals surface area contributed by atoms with E-state index in [0.29, 0.717) is 29.3 Å². The van der Waals surface area contributed by atoms with Gasteiger partial charge in [0.15, 0.2) is 0 Å². The SMILES string of the molecule is Cc1cc(N(C)c2nccc(Nc3cc(OCc4cccc(C(=O)O)c4)n[nH]3)n2)on1. The zero-order chi connectivity index (χ0) is 21.8. The van der Waals surface area contributed by atoms with E-state index < -0.39 is 5.97 Å². The number of nitrogens with one attached hydrogen (secondary N) is 2. The van der Waals surface area contributed by atoms with Gasteiger partial charge in [0.1, 0.15) is 18.2 Å². The Morgan fingerprint density at radius 2 is 2.16 bits per heavy atom. The lowest BCUT2D eigenvalue weighted by Gasteiger charge is -2.13. The van der Waals surface area contributed by atoms with E-state index in [2.05, 4.69) is 30.6 Å². The number of anilines is 4. The highest BCUT2D eigenvalue weighted by Crippen LogP contribution is 2.23. The molecular weight excluding hydrogens is 402 g/mol. The maximum atomic E-state index is 11.1. The second-order valence-corrected chi connectivity index (χ2v) is 6.65. The summed E-state index contributed by atoms with van der Waals surface area (Å²) in [4.78, 5) is 21.4. The third-order valence-corrected chi connectivity index (χ3v) is 4.27. The predicted molar refractivity (Wildman–Crippen MR) is 111 cm³/mol. The summed E-state index contributed by atoms with van der Waals surface area (Å²) < 4.78 is 10.9. The van der Waals surface area contributed by atoms with Gasteiger partial charge in [-0.3, -0.25) is 10.00 Å². The van der Waals surface area contributed by atoms with Gasteiger partial charge < -0.3 is 19.7 Å². The lowest BCUT2D eigenvalue weighted by atomic mass is 10.1. The lowest BCUT2D eigenvalue weighted by Crippen LogP contribution is -2.12. The fourth-order valence-corrected chi connectivity index (χ4v) is 2.72. The molecule has 0 aliphatic rings. The number of ether oxygens (including phenoxy) is 1. The standard InChI is InChI=1S/C20H19N7O4/c1-12-8-18(31-26-12)27(2)20-21-7-6-15(23-20)22-16-10-17(25-24-16)30-11-13-4-3-5-14(9-13)19(28)29/h3-10H,11H2,1-2H3,(H,28,29)(H2,21,22,23,24,25). The van der Waals surface area contributed by atoms with Crippen molar-refractivity contribution in [2.75, 3.05) is 17.3 Å². The van der Waals surface area contributed by atoms with E-state index in [1.54, 1.807) is 54.5 Å². The molecule has 3 heterocycles. The van der Waals surface area contributed by atoms with Crippen molar-refractivity contribution in [3.05, 3.63) is 65.5 Å². The summed E-state index contributed by atoms with van der Waals surface area (Å²) in [5, 5.41) is 22.9. The molecule has 31 heavy (non-hydrogen) atoms. The summed E-state index contributed by atoms with van der Waals surface area (Å²) in [6.07, 6.45) is 1.62. The molecule has 4 rings (SSSR count). The van der Waals surface area contributed by atoms with E-state index in [1.807, 2.05) is 6.92 Å². The monoisotopic (exact) mass is 421 g/mol. The van der Waals surface area contributed by atoms with Gasteiger partial charge in [0.2, 0.25) is 17.7 Å². The van der Waals surface area contributed by atoms with Crippen LogP contribution < -0.4 is 15.0 Å². The first-order valence-corrected chi connectivity index (χ1v) is 9.25. The quantitative estimate of drug-likeness (QED) is 0.388. The number of rotatable bonds is 8. The van der Waals surface area contributed by atoms with Gasteiger partial charge >= 0.3 is 5.97 Å². The van der Waals surface area contributed by atoms with Crippen LogP contribution >= 0.6 is 0 Å². The number of hydrogen-bond donors (Lipinski definition) is 3. The number of H-pyrrole nitrogens is 1. The van der Waals surface area contributed by atoms with Crippen molar-refractivity contribution < 1.29 is 19.2 Å². The van der Waals surface area contributed by atoms with Crippen LogP contribution in [0.2, 0.25) is 0 Å². The van der Waals surface area contributed by atoms with Crippen LogP contribution in [-0.2, 0) is 6.61 Å². The average molecular weight is 421 g/mol. The topological polar surface area (TPSA) is 142 Å². The van der Waals surface area contributed by atoms with Crippen LogP contribution in [0.3, 0.4) is 0 Å². The Labute approximate surface area is 176 Å². The fraction of sp³-hybridized carbons (Fsp3) is 0.150. The van der Waals surface area contributed by atoms with E-state index in [0.717, 1.165) is 11.3 Å². The smallest absolute Gasteiger partial charge is 0.335 e. The lowest BCUT2D eigenvalue weighted by molar-refractivity contribution is 0.0696. The number of aromatic carboxylic acids is 1. The second kappa shape index (κ2) is 8.53. The zero-order valence-corrected chi connectivity index (χ0v) is 16.7. The Morgan fingerprint density at radius 1 is 1.29 bits per heavy atom. The largest absolute Gasteiger partial charge is 0.478 e. The maximum Gasteiger partial charge on any atom is 0.335 e. The summed E-state index contributed by atoms with van der Waals surface area (Å²) in [5.74, 6) is 1.43. The number of carbonyl (C=O) groups is 1. The minimum absolute atomic E-state index is 0.185. The van der Waals surface area contributed by atoms with Gasteiger partial charge in [0.25, 0.3) is 0 Å². The Kier molecular flexibility index (Phi) is 5.47. The molecule has 0 aliphatic heterocycles. The second-order valence-electron chi connectivity index (χ2n) is 6.65. The van der Waals surface area contributed by atoms with Crippen LogP contribution in [0.1, 0.15) is 21.6 Å². The van der Waals surface area contributed by atoms with Crippen molar-refractivity contribution in [1.82, 2.24) is 25.3 Å². The van der Waals surface area contributed by atoms with Gasteiger partial charge in [-0.05, 0) is 30.7 Å². The fourth-order valence-electron chi connectivity index (χ4n) is 2.72. The van der Waals surface area contributed by atoms with Gasteiger partial charge in [-0.1, -0.05) is 17.3 Å². The molecule has 0 spiro atoms. The number of carboxylic acids is 1. The molecule has 3 aromatic heterocycles. The van der Waals surface area contributed by atoms with E-state index in [9.17, 15) is 4.79 Å². The molecule has 0 aliphatic carbocycles. The Hall–Kier alpha value is -4.41. The molecule has 11 heteroatoms. The molecule has 1 aromatic carbocycles. The van der Waals surface area contributed by atoms with Crippen molar-refractivity contribution in [2.24, 2.45) is 0 Å². The van der Waals surface area contributed by atoms with Gasteiger partial charge in [-0.15, -0.1) is 5.10 Å². The van der Waals surface area contributed by atoms with Crippen molar-refractivity contribution in [3.63, 3.8) is 0 Å². The first kappa shape index (κ1) is 19.9. The van der Waals surface area contributed by atoms with E-state index >= 15 is 0 Å². The Morgan fingerprint density at radius 3 is 2.94 bits per heavy atom. The minimum Gasteiger partial charge on any atom is -0.478 e. The first-order valence-electron chi connectivity index (χ1n) is 9.25. The molecule has 0 saturated carbocycles. The van der Waals surface area contributed by atoms with Crippen molar-refractivity contribution in [3.8, 4) is 5.88 Å². The van der Waals surface area contributed by atoms with Gasteiger partial charge in [-0.25, -0.2) is 9.78 Å². The number of benzene rings is 1. The molecule has 0 unspecified atom stereocenters. The summed E-state index contributed by atoms with van der Waals surface area (Å²) >= 11 is 0. The van der Waals surface area contributed by atoms with Crippen LogP contribution in [0.25, 0.3) is 0 Å². The summed E-state index contributed by atoms with van der Waals surface area (Å²) in [6.45, 7) is 2.02. The molecule has 3 N–H and O–H groups in total. The molecule has 0 atom stereocenters.